The average Bonchev–Trinajstić information content (AvgIpc) is 1.99. The van der Waals surface area contributed by atoms with E-state index in [9.17, 15) is 0 Å². The average molecular weight is 178 g/mol. The quantitative estimate of drug-likeness (QED) is 0.715. The Bertz CT molecular complexity index is 209. The third-order valence-electron chi connectivity index (χ3n) is 3.67. The summed E-state index contributed by atoms with van der Waals surface area (Å²) < 4.78 is 0. The van der Waals surface area contributed by atoms with Gasteiger partial charge in [0.1, 0.15) is 0 Å². The molecule has 2 rings (SSSR count). The van der Waals surface area contributed by atoms with Gasteiger partial charge < -0.3 is 5.32 Å². The molecule has 1 N–H and O–H groups in total. The maximum Gasteiger partial charge on any atom is 0.0703 e. The fourth-order valence-electron chi connectivity index (χ4n) is 2.14. The molecule has 0 spiro atoms. The van der Waals surface area contributed by atoms with Gasteiger partial charge in [0.2, 0.25) is 0 Å². The zero-order valence-corrected chi connectivity index (χ0v) is 8.18. The fraction of sp³-hybridized carbons (Fsp3) is 0.909. The Kier molecular flexibility index (Phi) is 2.55. The van der Waals surface area contributed by atoms with E-state index in [0.29, 0.717) is 0 Å². The van der Waals surface area contributed by atoms with Gasteiger partial charge >= 0.3 is 0 Å². The zero-order valence-electron chi connectivity index (χ0n) is 8.18. The van der Waals surface area contributed by atoms with Crippen molar-refractivity contribution in [1.82, 2.24) is 5.32 Å². The predicted octanol–water partition coefficient (Wildman–Crippen LogP) is 2.07. The molecule has 0 atom stereocenters. The van der Waals surface area contributed by atoms with Crippen molar-refractivity contribution < 1.29 is 0 Å². The first-order valence-corrected chi connectivity index (χ1v) is 5.47. The molecule has 0 bridgehead atoms. The Hall–Kier alpha value is -0.550. The molecule has 0 aromatic rings. The van der Waals surface area contributed by atoms with E-state index in [2.05, 4.69) is 11.4 Å². The van der Waals surface area contributed by atoms with Gasteiger partial charge in [0.05, 0.1) is 11.5 Å². The third-order valence-corrected chi connectivity index (χ3v) is 3.67. The number of nitriles is 1. The molecule has 0 amide bonds. The van der Waals surface area contributed by atoms with E-state index in [-0.39, 0.29) is 5.41 Å². The second-order valence-corrected chi connectivity index (χ2v) is 4.67. The summed E-state index contributed by atoms with van der Waals surface area (Å²) in [6.45, 7) is 2.07. The van der Waals surface area contributed by atoms with Crippen LogP contribution in [0.5, 0.6) is 0 Å². The molecule has 0 heterocycles. The van der Waals surface area contributed by atoms with Crippen LogP contribution in [-0.2, 0) is 0 Å². The van der Waals surface area contributed by atoms with Gasteiger partial charge in [0.15, 0.2) is 0 Å². The van der Waals surface area contributed by atoms with E-state index in [1.807, 2.05) is 0 Å². The van der Waals surface area contributed by atoms with Crippen molar-refractivity contribution in [3.63, 3.8) is 0 Å². The van der Waals surface area contributed by atoms with E-state index < -0.39 is 0 Å². The van der Waals surface area contributed by atoms with Crippen LogP contribution in [0.1, 0.15) is 38.5 Å². The molecule has 2 heteroatoms. The molecule has 2 saturated carbocycles. The topological polar surface area (TPSA) is 35.8 Å². The van der Waals surface area contributed by atoms with Gasteiger partial charge in [-0.2, -0.15) is 5.26 Å². The highest BCUT2D eigenvalue weighted by Crippen LogP contribution is 2.39. The van der Waals surface area contributed by atoms with E-state index in [4.69, 9.17) is 5.26 Å². The summed E-state index contributed by atoms with van der Waals surface area (Å²) >= 11 is 0. The highest BCUT2D eigenvalue weighted by molar-refractivity contribution is 5.05. The van der Waals surface area contributed by atoms with Crippen LogP contribution in [0.3, 0.4) is 0 Å². The van der Waals surface area contributed by atoms with Gasteiger partial charge in [-0.25, -0.2) is 0 Å². The maximum atomic E-state index is 8.98. The lowest BCUT2D eigenvalue weighted by Crippen LogP contribution is -2.41. The number of nitrogens with one attached hydrogen (secondary N) is 1. The molecule has 0 radical (unpaired) electrons. The lowest BCUT2D eigenvalue weighted by Gasteiger charge is -2.36. The SMILES string of the molecule is N#CC1(CNCC2CCC2)CCC1. The number of nitrogens with zero attached hydrogens (tertiary/aromatic N) is 1. The molecule has 13 heavy (non-hydrogen) atoms. The lowest BCUT2D eigenvalue weighted by molar-refractivity contribution is 0.195. The normalized spacial score (nSPS) is 25.8. The summed E-state index contributed by atoms with van der Waals surface area (Å²) in [5, 5.41) is 12.4. The summed E-state index contributed by atoms with van der Waals surface area (Å²) in [4.78, 5) is 0. The smallest absolute Gasteiger partial charge is 0.0703 e. The molecular weight excluding hydrogens is 160 g/mol. The van der Waals surface area contributed by atoms with Gasteiger partial charge in [-0.1, -0.05) is 12.8 Å². The monoisotopic (exact) mass is 178 g/mol. The van der Waals surface area contributed by atoms with E-state index >= 15 is 0 Å². The zero-order chi connectivity index (χ0) is 9.15. The van der Waals surface area contributed by atoms with Crippen molar-refractivity contribution in [2.24, 2.45) is 11.3 Å². The van der Waals surface area contributed by atoms with Crippen molar-refractivity contribution in [2.75, 3.05) is 13.1 Å². The Balaban J connectivity index is 1.63. The Morgan fingerprint density at radius 2 is 2.08 bits per heavy atom. The van der Waals surface area contributed by atoms with E-state index in [1.165, 1.54) is 25.7 Å². The van der Waals surface area contributed by atoms with E-state index in [0.717, 1.165) is 31.8 Å². The Labute approximate surface area is 80.3 Å². The van der Waals surface area contributed by atoms with Gasteiger partial charge in [0.25, 0.3) is 0 Å². The second kappa shape index (κ2) is 3.67. The summed E-state index contributed by atoms with van der Waals surface area (Å²) in [6.07, 6.45) is 7.68. The minimum Gasteiger partial charge on any atom is -0.315 e. The molecular formula is C11H18N2. The fourth-order valence-corrected chi connectivity index (χ4v) is 2.14. The summed E-state index contributed by atoms with van der Waals surface area (Å²) in [7, 11) is 0. The maximum absolute atomic E-state index is 8.98. The molecule has 0 aromatic carbocycles. The highest BCUT2D eigenvalue weighted by atomic mass is 14.9. The van der Waals surface area contributed by atoms with Crippen molar-refractivity contribution in [3.05, 3.63) is 0 Å². The number of hydrogen-bond acceptors (Lipinski definition) is 2. The van der Waals surface area contributed by atoms with Crippen molar-refractivity contribution in [2.45, 2.75) is 38.5 Å². The largest absolute Gasteiger partial charge is 0.315 e. The molecule has 2 fully saturated rings. The van der Waals surface area contributed by atoms with Crippen molar-refractivity contribution in [3.8, 4) is 6.07 Å². The number of hydrogen-bond donors (Lipinski definition) is 1. The minimum atomic E-state index is 0.0176. The minimum absolute atomic E-state index is 0.0176. The molecule has 0 unspecified atom stereocenters. The lowest BCUT2D eigenvalue weighted by atomic mass is 9.70. The first-order chi connectivity index (χ1) is 6.35. The van der Waals surface area contributed by atoms with Gasteiger partial charge in [-0.15, -0.1) is 0 Å². The summed E-state index contributed by atoms with van der Waals surface area (Å²) in [5.41, 5.74) is 0.0176. The highest BCUT2D eigenvalue weighted by Gasteiger charge is 2.36. The Morgan fingerprint density at radius 3 is 2.46 bits per heavy atom. The van der Waals surface area contributed by atoms with Crippen LogP contribution in [0.25, 0.3) is 0 Å². The van der Waals surface area contributed by atoms with E-state index in [1.54, 1.807) is 0 Å². The van der Waals surface area contributed by atoms with Gasteiger partial charge in [0, 0.05) is 6.54 Å². The van der Waals surface area contributed by atoms with Gasteiger partial charge in [-0.05, 0) is 38.1 Å². The van der Waals surface area contributed by atoms with Crippen LogP contribution in [-0.4, -0.2) is 13.1 Å². The molecule has 0 aromatic heterocycles. The second-order valence-electron chi connectivity index (χ2n) is 4.67. The predicted molar refractivity (Wildman–Crippen MR) is 52.1 cm³/mol. The van der Waals surface area contributed by atoms with Crippen LogP contribution in [0.15, 0.2) is 0 Å². The first-order valence-electron chi connectivity index (χ1n) is 5.47. The van der Waals surface area contributed by atoms with Crippen molar-refractivity contribution >= 4 is 0 Å². The van der Waals surface area contributed by atoms with Crippen molar-refractivity contribution in [1.29, 1.82) is 5.26 Å². The van der Waals surface area contributed by atoms with Crippen LogP contribution in [0, 0.1) is 22.7 Å². The Morgan fingerprint density at radius 1 is 1.31 bits per heavy atom. The summed E-state index contributed by atoms with van der Waals surface area (Å²) in [6, 6.07) is 2.46. The third kappa shape index (κ3) is 1.86. The molecule has 0 saturated heterocycles. The van der Waals surface area contributed by atoms with Crippen LogP contribution < -0.4 is 5.32 Å². The van der Waals surface area contributed by atoms with Crippen LogP contribution in [0.4, 0.5) is 0 Å². The molecule has 2 aliphatic carbocycles. The molecule has 2 nitrogen and oxygen atoms in total. The molecule has 0 aliphatic heterocycles. The van der Waals surface area contributed by atoms with Gasteiger partial charge in [-0.3, -0.25) is 0 Å². The first kappa shape index (κ1) is 9.02. The van der Waals surface area contributed by atoms with Crippen LogP contribution >= 0.6 is 0 Å². The summed E-state index contributed by atoms with van der Waals surface area (Å²) in [5.74, 6) is 0.913. The number of rotatable bonds is 4. The molecule has 72 valence electrons. The molecule has 2 aliphatic rings. The van der Waals surface area contributed by atoms with Crippen LogP contribution in [0.2, 0.25) is 0 Å². The standard InChI is InChI=1S/C11H18N2/c12-8-11(5-2-6-11)9-13-7-10-3-1-4-10/h10,13H,1-7,9H2.